The average molecular weight is 506 g/mol. The summed E-state index contributed by atoms with van der Waals surface area (Å²) in [5.74, 6) is 0.379. The Morgan fingerprint density at radius 2 is 1.76 bits per heavy atom. The molecular weight excluding hydrogens is 474 g/mol. The van der Waals surface area contributed by atoms with E-state index in [1.807, 2.05) is 36.5 Å². The number of fused-ring (bicyclic) bond motifs is 3. The number of nitrogens with zero attached hydrogens (tertiary/aromatic N) is 3. The van der Waals surface area contributed by atoms with E-state index in [1.54, 1.807) is 10.9 Å². The molecule has 3 aromatic carbocycles. The molecule has 6 heteroatoms. The lowest BCUT2D eigenvalue weighted by atomic mass is 9.94. The van der Waals surface area contributed by atoms with Crippen LogP contribution in [0.15, 0.2) is 84.0 Å². The molecule has 2 atom stereocenters. The Kier molecular flexibility index (Phi) is 6.52. The second kappa shape index (κ2) is 10.1. The summed E-state index contributed by atoms with van der Waals surface area (Å²) in [5, 5.41) is 13.1. The average Bonchev–Trinajstić information content (AvgIpc) is 2.95. The second-order valence-electron chi connectivity index (χ2n) is 10.4. The quantitative estimate of drug-likeness (QED) is 0.313. The van der Waals surface area contributed by atoms with Gasteiger partial charge in [-0.1, -0.05) is 62.4 Å². The van der Waals surface area contributed by atoms with Gasteiger partial charge in [-0.2, -0.15) is 0 Å². The summed E-state index contributed by atoms with van der Waals surface area (Å²) in [5.41, 5.74) is 6.22. The van der Waals surface area contributed by atoms with Crippen molar-refractivity contribution in [3.63, 3.8) is 0 Å². The van der Waals surface area contributed by atoms with Gasteiger partial charge in [0.2, 0.25) is 0 Å². The minimum atomic E-state index is -0.726. The van der Waals surface area contributed by atoms with Crippen molar-refractivity contribution in [1.29, 1.82) is 0 Å². The molecule has 5 aromatic rings. The summed E-state index contributed by atoms with van der Waals surface area (Å²) in [6.45, 7) is 5.05. The van der Waals surface area contributed by atoms with Crippen LogP contribution in [0.3, 0.4) is 0 Å². The molecule has 1 N–H and O–H groups in total. The molecule has 3 heterocycles. The van der Waals surface area contributed by atoms with Crippen molar-refractivity contribution < 1.29 is 9.84 Å². The van der Waals surface area contributed by atoms with Crippen molar-refractivity contribution in [3.05, 3.63) is 106 Å². The summed E-state index contributed by atoms with van der Waals surface area (Å²) in [4.78, 5) is 22.8. The molecule has 1 aliphatic heterocycles. The number of pyridine rings is 1. The predicted octanol–water partition coefficient (Wildman–Crippen LogP) is 5.65. The SMILES string of the molecule is CC(C)c1cc(-c2ccc(Cc3cc4c(=O)n([C@H]5CCOC[C@@H]5O)cnc4c4ccccc34)cc2)ccn1. The molecule has 0 saturated carbocycles. The van der Waals surface area contributed by atoms with E-state index in [2.05, 4.69) is 55.2 Å². The Bertz CT molecular complexity index is 1670. The molecule has 1 saturated heterocycles. The van der Waals surface area contributed by atoms with Crippen molar-refractivity contribution >= 4 is 21.7 Å². The molecule has 192 valence electrons. The third-order valence-electron chi connectivity index (χ3n) is 7.58. The summed E-state index contributed by atoms with van der Waals surface area (Å²) < 4.78 is 6.95. The highest BCUT2D eigenvalue weighted by molar-refractivity contribution is 6.06. The first-order valence-corrected chi connectivity index (χ1v) is 13.2. The zero-order valence-corrected chi connectivity index (χ0v) is 21.7. The molecule has 38 heavy (non-hydrogen) atoms. The topological polar surface area (TPSA) is 77.2 Å². The molecular formula is C32H31N3O3. The molecule has 0 radical (unpaired) electrons. The smallest absolute Gasteiger partial charge is 0.261 e. The normalized spacial score (nSPS) is 17.9. The lowest BCUT2D eigenvalue weighted by Gasteiger charge is -2.29. The van der Waals surface area contributed by atoms with Gasteiger partial charge in [-0.25, -0.2) is 4.98 Å². The lowest BCUT2D eigenvalue weighted by molar-refractivity contribution is -0.0395. The minimum absolute atomic E-state index is 0.123. The maximum Gasteiger partial charge on any atom is 0.261 e. The van der Waals surface area contributed by atoms with Crippen LogP contribution in [0.1, 0.15) is 49.0 Å². The van der Waals surface area contributed by atoms with Crippen molar-refractivity contribution in [2.75, 3.05) is 13.2 Å². The first-order chi connectivity index (χ1) is 18.5. The maximum absolute atomic E-state index is 13.7. The van der Waals surface area contributed by atoms with Gasteiger partial charge in [-0.3, -0.25) is 14.3 Å². The summed E-state index contributed by atoms with van der Waals surface area (Å²) in [6, 6.07) is 22.6. The van der Waals surface area contributed by atoms with E-state index >= 15 is 0 Å². The van der Waals surface area contributed by atoms with Gasteiger partial charge in [0.1, 0.15) is 0 Å². The molecule has 2 aromatic heterocycles. The number of rotatable bonds is 5. The van der Waals surface area contributed by atoms with Crippen molar-refractivity contribution in [3.8, 4) is 11.1 Å². The third kappa shape index (κ3) is 4.51. The maximum atomic E-state index is 13.7. The monoisotopic (exact) mass is 505 g/mol. The highest BCUT2D eigenvalue weighted by Crippen LogP contribution is 2.30. The van der Waals surface area contributed by atoms with Crippen LogP contribution < -0.4 is 5.56 Å². The van der Waals surface area contributed by atoms with Gasteiger partial charge in [0, 0.05) is 23.9 Å². The van der Waals surface area contributed by atoms with Gasteiger partial charge >= 0.3 is 0 Å². The fourth-order valence-corrected chi connectivity index (χ4v) is 5.45. The van der Waals surface area contributed by atoms with Gasteiger partial charge in [0.05, 0.1) is 36.0 Å². The van der Waals surface area contributed by atoms with Crippen LogP contribution in [0.25, 0.3) is 32.8 Å². The summed E-state index contributed by atoms with van der Waals surface area (Å²) in [6.07, 6.45) is 4.00. The molecule has 0 bridgehead atoms. The Morgan fingerprint density at radius 1 is 0.974 bits per heavy atom. The number of aromatic nitrogens is 3. The highest BCUT2D eigenvalue weighted by atomic mass is 16.5. The van der Waals surface area contributed by atoms with E-state index in [4.69, 9.17) is 9.72 Å². The Labute approximate surface area is 221 Å². The van der Waals surface area contributed by atoms with Crippen LogP contribution in [0, 0.1) is 0 Å². The molecule has 1 aliphatic rings. The van der Waals surface area contributed by atoms with Crippen LogP contribution in [0.5, 0.6) is 0 Å². The van der Waals surface area contributed by atoms with E-state index in [-0.39, 0.29) is 18.2 Å². The zero-order valence-electron chi connectivity index (χ0n) is 21.7. The van der Waals surface area contributed by atoms with E-state index < -0.39 is 6.10 Å². The molecule has 1 fully saturated rings. The third-order valence-corrected chi connectivity index (χ3v) is 7.58. The summed E-state index contributed by atoms with van der Waals surface area (Å²) >= 11 is 0. The van der Waals surface area contributed by atoms with Crippen LogP contribution in [0.4, 0.5) is 0 Å². The van der Waals surface area contributed by atoms with E-state index in [0.717, 1.165) is 33.2 Å². The van der Waals surface area contributed by atoms with E-state index in [0.29, 0.717) is 36.3 Å². The molecule has 6 nitrogen and oxygen atoms in total. The van der Waals surface area contributed by atoms with Crippen LogP contribution in [-0.4, -0.2) is 39.0 Å². The Hall–Kier alpha value is -3.87. The van der Waals surface area contributed by atoms with Gasteiger partial charge in [0.15, 0.2) is 0 Å². The minimum Gasteiger partial charge on any atom is -0.389 e. The van der Waals surface area contributed by atoms with Gasteiger partial charge < -0.3 is 9.84 Å². The van der Waals surface area contributed by atoms with Crippen molar-refractivity contribution in [2.24, 2.45) is 0 Å². The predicted molar refractivity (Wildman–Crippen MR) is 151 cm³/mol. The molecule has 6 rings (SSSR count). The summed E-state index contributed by atoms with van der Waals surface area (Å²) in [7, 11) is 0. The Balaban J connectivity index is 1.39. The zero-order chi connectivity index (χ0) is 26.2. The van der Waals surface area contributed by atoms with Crippen LogP contribution in [0.2, 0.25) is 0 Å². The molecule has 0 aliphatic carbocycles. The number of benzene rings is 3. The van der Waals surface area contributed by atoms with Gasteiger partial charge in [-0.05, 0) is 64.6 Å². The van der Waals surface area contributed by atoms with E-state index in [1.165, 1.54) is 5.56 Å². The van der Waals surface area contributed by atoms with Gasteiger partial charge in [-0.15, -0.1) is 0 Å². The molecule has 0 unspecified atom stereocenters. The van der Waals surface area contributed by atoms with Crippen LogP contribution in [-0.2, 0) is 11.2 Å². The molecule has 0 amide bonds. The Morgan fingerprint density at radius 3 is 2.53 bits per heavy atom. The first kappa shape index (κ1) is 24.5. The fraction of sp³-hybridized carbons (Fsp3) is 0.281. The van der Waals surface area contributed by atoms with Crippen LogP contribution >= 0.6 is 0 Å². The van der Waals surface area contributed by atoms with Crippen molar-refractivity contribution in [2.45, 2.75) is 44.8 Å². The number of aliphatic hydroxyl groups excluding tert-OH is 1. The largest absolute Gasteiger partial charge is 0.389 e. The van der Waals surface area contributed by atoms with Crippen molar-refractivity contribution in [1.82, 2.24) is 14.5 Å². The second-order valence-corrected chi connectivity index (χ2v) is 10.4. The first-order valence-electron chi connectivity index (χ1n) is 13.2. The standard InChI is InChI=1S/C32H31N3O3/c1-20(2)28-17-23(11-13-33-28)22-9-7-21(8-10-22)15-24-16-27-31(26-6-4-3-5-25(24)26)34-19-35(32(27)37)29-12-14-38-18-30(29)36/h3-11,13,16-17,19-20,29-30,36H,12,14-15,18H2,1-2H3/t29-,30-/m0/s1. The van der Waals surface area contributed by atoms with E-state index in [9.17, 15) is 9.90 Å². The number of hydrogen-bond donors (Lipinski definition) is 1. The fourth-order valence-electron chi connectivity index (χ4n) is 5.45. The number of ether oxygens (including phenoxy) is 1. The molecule has 0 spiro atoms. The van der Waals surface area contributed by atoms with Gasteiger partial charge in [0.25, 0.3) is 5.56 Å². The number of hydrogen-bond acceptors (Lipinski definition) is 5. The number of aliphatic hydroxyl groups is 1. The highest BCUT2D eigenvalue weighted by Gasteiger charge is 2.27. The lowest BCUT2D eigenvalue weighted by Crippen LogP contribution is -2.39.